The monoisotopic (exact) mass is 417 g/mol. The number of benzene rings is 1. The normalized spacial score (nSPS) is 15.9. The third kappa shape index (κ3) is 4.59. The summed E-state index contributed by atoms with van der Waals surface area (Å²) in [5.41, 5.74) is 2.97. The van der Waals surface area contributed by atoms with Gasteiger partial charge in [-0.1, -0.05) is 6.07 Å². The minimum Gasteiger partial charge on any atom is -0.491 e. The highest BCUT2D eigenvalue weighted by Crippen LogP contribution is 2.17. The first-order chi connectivity index (χ1) is 15.2. The van der Waals surface area contributed by atoms with Gasteiger partial charge in [-0.15, -0.1) is 0 Å². The number of imidazole rings is 1. The Morgan fingerprint density at radius 1 is 1.19 bits per heavy atom. The Morgan fingerprint density at radius 2 is 2.10 bits per heavy atom. The molecular weight excluding hydrogens is 394 g/mol. The molecule has 1 aliphatic heterocycles. The van der Waals surface area contributed by atoms with Gasteiger partial charge < -0.3 is 19.2 Å². The fourth-order valence-electron chi connectivity index (χ4n) is 3.61. The number of pyridine rings is 1. The first-order valence-electron chi connectivity index (χ1n) is 10.3. The lowest BCUT2D eigenvalue weighted by Gasteiger charge is -2.11. The van der Waals surface area contributed by atoms with Crippen LogP contribution < -0.4 is 10.1 Å². The number of nitrogens with zero attached hydrogens (tertiary/aromatic N) is 4. The number of aromatic nitrogens is 4. The standard InChI is InChI=1S/C23H23N5O3/c29-23(17-6-8-20(9-7-17)31-16-21-4-3-11-30-21)26-18-12-24-28(14-18)15-19-13-27-10-2-1-5-22(27)25-19/h1-2,5-10,12-14,21H,3-4,11,15-16H2,(H,26,29). The molecule has 0 aliphatic carbocycles. The van der Waals surface area contributed by atoms with Crippen LogP contribution in [-0.4, -0.2) is 44.4 Å². The van der Waals surface area contributed by atoms with Gasteiger partial charge in [0.2, 0.25) is 0 Å². The molecule has 1 unspecified atom stereocenters. The van der Waals surface area contributed by atoms with Crippen LogP contribution in [-0.2, 0) is 11.3 Å². The summed E-state index contributed by atoms with van der Waals surface area (Å²) in [7, 11) is 0. The average Bonchev–Trinajstić information content (AvgIpc) is 3.54. The first-order valence-corrected chi connectivity index (χ1v) is 10.3. The molecular formula is C23H23N5O3. The van der Waals surface area contributed by atoms with Gasteiger partial charge >= 0.3 is 0 Å². The van der Waals surface area contributed by atoms with E-state index in [1.54, 1.807) is 41.3 Å². The Hall–Kier alpha value is -3.65. The van der Waals surface area contributed by atoms with Gasteiger partial charge in [-0.2, -0.15) is 5.10 Å². The van der Waals surface area contributed by atoms with E-state index in [-0.39, 0.29) is 12.0 Å². The van der Waals surface area contributed by atoms with E-state index in [0.717, 1.165) is 36.5 Å². The number of hydrogen-bond donors (Lipinski definition) is 1. The van der Waals surface area contributed by atoms with Crippen LogP contribution in [0, 0.1) is 0 Å². The predicted octanol–water partition coefficient (Wildman–Crippen LogP) is 3.39. The van der Waals surface area contributed by atoms with E-state index in [1.807, 2.05) is 35.0 Å². The van der Waals surface area contributed by atoms with Crippen LogP contribution >= 0.6 is 0 Å². The number of fused-ring (bicyclic) bond motifs is 1. The second-order valence-corrected chi connectivity index (χ2v) is 7.55. The van der Waals surface area contributed by atoms with Crippen LogP contribution in [0.2, 0.25) is 0 Å². The summed E-state index contributed by atoms with van der Waals surface area (Å²) in [6.07, 6.45) is 9.64. The van der Waals surface area contributed by atoms with Gasteiger partial charge in [-0.3, -0.25) is 9.48 Å². The summed E-state index contributed by atoms with van der Waals surface area (Å²) in [5, 5.41) is 7.20. The Kier molecular flexibility index (Phi) is 5.37. The van der Waals surface area contributed by atoms with Crippen molar-refractivity contribution in [2.45, 2.75) is 25.5 Å². The highest BCUT2D eigenvalue weighted by molar-refractivity contribution is 6.04. The Morgan fingerprint density at radius 3 is 2.90 bits per heavy atom. The molecule has 31 heavy (non-hydrogen) atoms. The number of carbonyl (C=O) groups excluding carboxylic acids is 1. The average molecular weight is 417 g/mol. The van der Waals surface area contributed by atoms with Gasteiger partial charge in [0, 0.05) is 30.8 Å². The number of hydrogen-bond acceptors (Lipinski definition) is 5. The molecule has 0 radical (unpaired) electrons. The van der Waals surface area contributed by atoms with Crippen LogP contribution in [0.4, 0.5) is 5.69 Å². The lowest BCUT2D eigenvalue weighted by molar-refractivity contribution is 0.0679. The summed E-state index contributed by atoms with van der Waals surface area (Å²) < 4.78 is 15.0. The molecule has 3 aromatic heterocycles. The molecule has 0 saturated carbocycles. The second-order valence-electron chi connectivity index (χ2n) is 7.55. The highest BCUT2D eigenvalue weighted by Gasteiger charge is 2.16. The maximum atomic E-state index is 12.6. The number of rotatable bonds is 7. The van der Waals surface area contributed by atoms with E-state index in [4.69, 9.17) is 9.47 Å². The number of anilines is 1. The number of nitrogens with one attached hydrogen (secondary N) is 1. The fourth-order valence-corrected chi connectivity index (χ4v) is 3.61. The van der Waals surface area contributed by atoms with Gasteiger partial charge in [0.1, 0.15) is 18.0 Å². The van der Waals surface area contributed by atoms with Crippen molar-refractivity contribution in [3.8, 4) is 5.75 Å². The van der Waals surface area contributed by atoms with Crippen LogP contribution in [0.1, 0.15) is 28.9 Å². The van der Waals surface area contributed by atoms with Gasteiger partial charge in [-0.05, 0) is 49.2 Å². The molecule has 0 spiro atoms. The summed E-state index contributed by atoms with van der Waals surface area (Å²) in [6.45, 7) is 1.87. The Labute approximate surface area is 179 Å². The number of ether oxygens (including phenoxy) is 2. The lowest BCUT2D eigenvalue weighted by atomic mass is 10.2. The van der Waals surface area contributed by atoms with Gasteiger partial charge in [0.25, 0.3) is 5.91 Å². The molecule has 1 atom stereocenters. The number of amides is 1. The van der Waals surface area contributed by atoms with Crippen molar-refractivity contribution in [2.75, 3.05) is 18.5 Å². The molecule has 1 amide bonds. The minimum atomic E-state index is -0.196. The third-order valence-electron chi connectivity index (χ3n) is 5.21. The maximum Gasteiger partial charge on any atom is 0.255 e. The van der Waals surface area contributed by atoms with Crippen molar-refractivity contribution in [3.63, 3.8) is 0 Å². The van der Waals surface area contributed by atoms with E-state index >= 15 is 0 Å². The summed E-state index contributed by atoms with van der Waals surface area (Å²) in [4.78, 5) is 17.1. The maximum absolute atomic E-state index is 12.6. The zero-order valence-electron chi connectivity index (χ0n) is 17.0. The third-order valence-corrected chi connectivity index (χ3v) is 5.21. The molecule has 1 fully saturated rings. The molecule has 5 rings (SSSR count). The summed E-state index contributed by atoms with van der Waals surface area (Å²) in [5.74, 6) is 0.533. The summed E-state index contributed by atoms with van der Waals surface area (Å²) in [6, 6.07) is 13.0. The molecule has 1 N–H and O–H groups in total. The largest absolute Gasteiger partial charge is 0.491 e. The highest BCUT2D eigenvalue weighted by atomic mass is 16.5. The Bertz CT molecular complexity index is 1140. The number of carbonyl (C=O) groups is 1. The van der Waals surface area contributed by atoms with Crippen molar-refractivity contribution in [1.82, 2.24) is 19.2 Å². The van der Waals surface area contributed by atoms with E-state index in [0.29, 0.717) is 24.4 Å². The van der Waals surface area contributed by atoms with Gasteiger partial charge in [0.05, 0.1) is 30.2 Å². The smallest absolute Gasteiger partial charge is 0.255 e. The Balaban J connectivity index is 1.17. The van der Waals surface area contributed by atoms with Crippen molar-refractivity contribution in [2.24, 2.45) is 0 Å². The fraction of sp³-hybridized carbons (Fsp3) is 0.261. The van der Waals surface area contributed by atoms with Crippen LogP contribution in [0.25, 0.3) is 5.65 Å². The first kappa shape index (κ1) is 19.3. The van der Waals surface area contributed by atoms with Crippen LogP contribution in [0.15, 0.2) is 67.3 Å². The molecule has 8 nitrogen and oxygen atoms in total. The molecule has 4 aromatic rings. The molecule has 158 valence electrons. The molecule has 0 bridgehead atoms. The lowest BCUT2D eigenvalue weighted by Crippen LogP contribution is -2.16. The molecule has 4 heterocycles. The van der Waals surface area contributed by atoms with Crippen LogP contribution in [0.5, 0.6) is 5.75 Å². The van der Waals surface area contributed by atoms with Crippen LogP contribution in [0.3, 0.4) is 0 Å². The van der Waals surface area contributed by atoms with E-state index < -0.39 is 0 Å². The summed E-state index contributed by atoms with van der Waals surface area (Å²) >= 11 is 0. The van der Waals surface area contributed by atoms with E-state index in [1.165, 1.54) is 0 Å². The van der Waals surface area contributed by atoms with Gasteiger partial charge in [0.15, 0.2) is 0 Å². The molecule has 1 aromatic carbocycles. The minimum absolute atomic E-state index is 0.167. The zero-order valence-corrected chi connectivity index (χ0v) is 17.0. The molecule has 1 aliphatic rings. The second kappa shape index (κ2) is 8.61. The van der Waals surface area contributed by atoms with E-state index in [2.05, 4.69) is 15.4 Å². The predicted molar refractivity (Wildman–Crippen MR) is 115 cm³/mol. The van der Waals surface area contributed by atoms with Gasteiger partial charge in [-0.25, -0.2) is 4.98 Å². The zero-order chi connectivity index (χ0) is 21.0. The molecule has 1 saturated heterocycles. The van der Waals surface area contributed by atoms with Crippen molar-refractivity contribution >= 4 is 17.2 Å². The quantitative estimate of drug-likeness (QED) is 0.498. The van der Waals surface area contributed by atoms with Crippen molar-refractivity contribution in [3.05, 3.63) is 78.5 Å². The SMILES string of the molecule is O=C(Nc1cnn(Cc2cn3ccccc3n2)c1)c1ccc(OCC2CCCO2)cc1. The van der Waals surface area contributed by atoms with E-state index in [9.17, 15) is 4.79 Å². The van der Waals surface area contributed by atoms with Crippen molar-refractivity contribution in [1.29, 1.82) is 0 Å². The topological polar surface area (TPSA) is 82.7 Å². The molecule has 8 heteroatoms. The van der Waals surface area contributed by atoms with Crippen molar-refractivity contribution < 1.29 is 14.3 Å².